The molecule has 2 aromatic carbocycles. The molecule has 128 valence electrons. The summed E-state index contributed by atoms with van der Waals surface area (Å²) in [6, 6.07) is 17.3. The van der Waals surface area contributed by atoms with Gasteiger partial charge in [-0.1, -0.05) is 31.0 Å². The van der Waals surface area contributed by atoms with Crippen LogP contribution in [-0.4, -0.2) is 26.3 Å². The summed E-state index contributed by atoms with van der Waals surface area (Å²) in [6.45, 7) is 0. The Morgan fingerprint density at radius 1 is 0.750 bits per heavy atom. The summed E-state index contributed by atoms with van der Waals surface area (Å²) in [5, 5.41) is 7.36. The standard InChI is InChI=1S/C20H26N2O2/c1-23-19-13-12-16(14-20(19)24-2)22-18-11-7-6-10-17(18)21-15-8-4-3-5-9-15/h3-5,8-9,12-14,17-18,21-22H,6-7,10-11H2,1-2H3/t17-,18-/m0/s1. The first-order valence-corrected chi connectivity index (χ1v) is 8.60. The minimum absolute atomic E-state index is 0.400. The van der Waals surface area contributed by atoms with Crippen LogP contribution in [0.2, 0.25) is 0 Å². The SMILES string of the molecule is COc1ccc(N[C@H]2CCCC[C@@H]2Nc2ccccc2)cc1OC. The van der Waals surface area contributed by atoms with Crippen molar-refractivity contribution in [2.24, 2.45) is 0 Å². The summed E-state index contributed by atoms with van der Waals surface area (Å²) in [7, 11) is 3.33. The van der Waals surface area contributed by atoms with Gasteiger partial charge in [-0.05, 0) is 37.1 Å². The zero-order chi connectivity index (χ0) is 16.8. The molecule has 0 amide bonds. The molecule has 0 bridgehead atoms. The second-order valence-corrected chi connectivity index (χ2v) is 6.22. The Labute approximate surface area is 144 Å². The highest BCUT2D eigenvalue weighted by atomic mass is 16.5. The van der Waals surface area contributed by atoms with Crippen LogP contribution in [0.3, 0.4) is 0 Å². The molecule has 2 aromatic rings. The van der Waals surface area contributed by atoms with Crippen LogP contribution in [0.15, 0.2) is 48.5 Å². The second kappa shape index (κ2) is 7.95. The maximum atomic E-state index is 5.41. The van der Waals surface area contributed by atoms with Crippen molar-refractivity contribution < 1.29 is 9.47 Å². The molecule has 2 N–H and O–H groups in total. The molecule has 1 aliphatic carbocycles. The van der Waals surface area contributed by atoms with Crippen LogP contribution in [-0.2, 0) is 0 Å². The van der Waals surface area contributed by atoms with Gasteiger partial charge in [0.1, 0.15) is 0 Å². The molecule has 24 heavy (non-hydrogen) atoms. The smallest absolute Gasteiger partial charge is 0.162 e. The third kappa shape index (κ3) is 3.94. The van der Waals surface area contributed by atoms with E-state index in [-0.39, 0.29) is 0 Å². The number of rotatable bonds is 6. The topological polar surface area (TPSA) is 42.5 Å². The molecule has 3 rings (SSSR count). The predicted octanol–water partition coefficient (Wildman–Crippen LogP) is 4.54. The van der Waals surface area contributed by atoms with Crippen molar-refractivity contribution in [3.05, 3.63) is 48.5 Å². The Balaban J connectivity index is 1.71. The lowest BCUT2D eigenvalue weighted by Crippen LogP contribution is -2.41. The third-order valence-electron chi connectivity index (χ3n) is 4.63. The van der Waals surface area contributed by atoms with Crippen molar-refractivity contribution >= 4 is 11.4 Å². The average Bonchev–Trinajstić information content (AvgIpc) is 2.64. The molecule has 0 saturated heterocycles. The molecule has 0 aromatic heterocycles. The van der Waals surface area contributed by atoms with Gasteiger partial charge in [0.15, 0.2) is 11.5 Å². The lowest BCUT2D eigenvalue weighted by atomic mass is 9.90. The Morgan fingerprint density at radius 3 is 2.00 bits per heavy atom. The fourth-order valence-corrected chi connectivity index (χ4v) is 3.36. The van der Waals surface area contributed by atoms with Gasteiger partial charge in [0.25, 0.3) is 0 Å². The minimum Gasteiger partial charge on any atom is -0.493 e. The molecule has 0 heterocycles. The largest absolute Gasteiger partial charge is 0.493 e. The van der Waals surface area contributed by atoms with Gasteiger partial charge < -0.3 is 20.1 Å². The zero-order valence-corrected chi connectivity index (χ0v) is 14.4. The zero-order valence-electron chi connectivity index (χ0n) is 14.4. The van der Waals surface area contributed by atoms with Crippen LogP contribution in [0.5, 0.6) is 11.5 Å². The predicted molar refractivity (Wildman–Crippen MR) is 99.3 cm³/mol. The monoisotopic (exact) mass is 326 g/mol. The maximum absolute atomic E-state index is 5.41. The second-order valence-electron chi connectivity index (χ2n) is 6.22. The van der Waals surface area contributed by atoms with E-state index in [1.54, 1.807) is 14.2 Å². The van der Waals surface area contributed by atoms with Crippen molar-refractivity contribution in [3.63, 3.8) is 0 Å². The number of hydrogen-bond donors (Lipinski definition) is 2. The Kier molecular flexibility index (Phi) is 5.47. The number of methoxy groups -OCH3 is 2. The lowest BCUT2D eigenvalue weighted by molar-refractivity contribution is 0.355. The van der Waals surface area contributed by atoms with Crippen LogP contribution in [0.25, 0.3) is 0 Å². The first-order valence-electron chi connectivity index (χ1n) is 8.60. The number of hydrogen-bond acceptors (Lipinski definition) is 4. The van der Waals surface area contributed by atoms with E-state index >= 15 is 0 Å². The number of nitrogens with one attached hydrogen (secondary N) is 2. The minimum atomic E-state index is 0.400. The highest BCUT2D eigenvalue weighted by Gasteiger charge is 2.25. The molecular formula is C20H26N2O2. The van der Waals surface area contributed by atoms with E-state index in [2.05, 4.69) is 41.0 Å². The summed E-state index contributed by atoms with van der Waals surface area (Å²) in [5.41, 5.74) is 2.25. The number of benzene rings is 2. The maximum Gasteiger partial charge on any atom is 0.162 e. The molecular weight excluding hydrogens is 300 g/mol. The summed E-state index contributed by atoms with van der Waals surface area (Å²) in [4.78, 5) is 0. The molecule has 0 spiro atoms. The normalized spacial score (nSPS) is 20.2. The fourth-order valence-electron chi connectivity index (χ4n) is 3.36. The fraction of sp³-hybridized carbons (Fsp3) is 0.400. The summed E-state index contributed by atoms with van der Waals surface area (Å²) >= 11 is 0. The van der Waals surface area contributed by atoms with Gasteiger partial charge in [0, 0.05) is 29.5 Å². The molecule has 0 aliphatic heterocycles. The highest BCUT2D eigenvalue weighted by Crippen LogP contribution is 2.32. The van der Waals surface area contributed by atoms with Gasteiger partial charge in [0.2, 0.25) is 0 Å². The van der Waals surface area contributed by atoms with Crippen LogP contribution in [0.1, 0.15) is 25.7 Å². The summed E-state index contributed by atoms with van der Waals surface area (Å²) in [6.07, 6.45) is 4.88. The van der Waals surface area contributed by atoms with E-state index in [1.807, 2.05) is 18.2 Å². The van der Waals surface area contributed by atoms with Gasteiger partial charge in [-0.25, -0.2) is 0 Å². The van der Waals surface area contributed by atoms with E-state index in [0.717, 1.165) is 17.2 Å². The van der Waals surface area contributed by atoms with Crippen molar-refractivity contribution in [1.29, 1.82) is 0 Å². The van der Waals surface area contributed by atoms with Gasteiger partial charge in [-0.2, -0.15) is 0 Å². The lowest BCUT2D eigenvalue weighted by Gasteiger charge is -2.34. The number of anilines is 2. The number of para-hydroxylation sites is 1. The van der Waals surface area contributed by atoms with Crippen molar-refractivity contribution in [2.75, 3.05) is 24.9 Å². The molecule has 0 radical (unpaired) electrons. The van der Waals surface area contributed by atoms with Crippen LogP contribution < -0.4 is 20.1 Å². The van der Waals surface area contributed by atoms with E-state index in [1.165, 1.54) is 31.4 Å². The van der Waals surface area contributed by atoms with Crippen LogP contribution in [0, 0.1) is 0 Å². The molecule has 2 atom stereocenters. The van der Waals surface area contributed by atoms with Gasteiger partial charge in [-0.3, -0.25) is 0 Å². The first kappa shape index (κ1) is 16.5. The Bertz CT molecular complexity index is 645. The number of ether oxygens (including phenoxy) is 2. The quantitative estimate of drug-likeness (QED) is 0.818. The van der Waals surface area contributed by atoms with Gasteiger partial charge in [-0.15, -0.1) is 0 Å². The van der Waals surface area contributed by atoms with E-state index < -0.39 is 0 Å². The van der Waals surface area contributed by atoms with Crippen LogP contribution in [0.4, 0.5) is 11.4 Å². The average molecular weight is 326 g/mol. The molecule has 4 heteroatoms. The van der Waals surface area contributed by atoms with E-state index in [4.69, 9.17) is 9.47 Å². The molecule has 1 saturated carbocycles. The molecule has 1 aliphatic rings. The molecule has 4 nitrogen and oxygen atoms in total. The third-order valence-corrected chi connectivity index (χ3v) is 4.63. The Morgan fingerprint density at radius 2 is 1.38 bits per heavy atom. The van der Waals surface area contributed by atoms with E-state index in [0.29, 0.717) is 12.1 Å². The first-order chi connectivity index (χ1) is 11.8. The molecule has 0 unspecified atom stereocenters. The molecule has 1 fully saturated rings. The van der Waals surface area contributed by atoms with Crippen molar-refractivity contribution in [3.8, 4) is 11.5 Å². The van der Waals surface area contributed by atoms with Crippen molar-refractivity contribution in [1.82, 2.24) is 0 Å². The summed E-state index contributed by atoms with van der Waals surface area (Å²) < 4.78 is 10.7. The Hall–Kier alpha value is -2.36. The van der Waals surface area contributed by atoms with Crippen molar-refractivity contribution in [2.45, 2.75) is 37.8 Å². The van der Waals surface area contributed by atoms with Gasteiger partial charge >= 0.3 is 0 Å². The van der Waals surface area contributed by atoms with Gasteiger partial charge in [0.05, 0.1) is 14.2 Å². The van der Waals surface area contributed by atoms with E-state index in [9.17, 15) is 0 Å². The van der Waals surface area contributed by atoms with Crippen LogP contribution >= 0.6 is 0 Å². The summed E-state index contributed by atoms with van der Waals surface area (Å²) in [5.74, 6) is 1.51. The highest BCUT2D eigenvalue weighted by molar-refractivity contribution is 5.56.